The number of carbonyl (C=O) groups excluding carboxylic acids is 1. The van der Waals surface area contributed by atoms with Crippen molar-refractivity contribution in [3.8, 4) is 0 Å². The van der Waals surface area contributed by atoms with Crippen LogP contribution < -0.4 is 4.90 Å². The molecule has 0 bridgehead atoms. The number of aryl methyl sites for hydroxylation is 1. The number of carbonyl (C=O) groups is 1. The number of hydrogen-bond acceptors (Lipinski definition) is 4. The zero-order chi connectivity index (χ0) is 22.8. The number of fused-ring (bicyclic) bond motifs is 1. The SMILES string of the molecule is Cc1ccc(Cl)c2sc(N3CCN(C(=O)CC(c4ccccc4)c4ccccc4)CC3)nc12. The summed E-state index contributed by atoms with van der Waals surface area (Å²) in [4.78, 5) is 22.4. The Hall–Kier alpha value is -2.89. The number of anilines is 1. The molecule has 1 aliphatic rings. The fraction of sp³-hybridized carbons (Fsp3) is 0.259. The van der Waals surface area contributed by atoms with Gasteiger partial charge in [-0.2, -0.15) is 0 Å². The smallest absolute Gasteiger partial charge is 0.223 e. The lowest BCUT2D eigenvalue weighted by Crippen LogP contribution is -2.49. The molecule has 1 saturated heterocycles. The molecule has 0 spiro atoms. The third-order valence-corrected chi connectivity index (χ3v) is 7.95. The van der Waals surface area contributed by atoms with Crippen molar-refractivity contribution < 1.29 is 4.79 Å². The normalized spacial score (nSPS) is 14.3. The maximum absolute atomic E-state index is 13.3. The van der Waals surface area contributed by atoms with Crippen LogP contribution >= 0.6 is 22.9 Å². The summed E-state index contributed by atoms with van der Waals surface area (Å²) in [5.74, 6) is 0.267. The molecule has 0 aliphatic carbocycles. The molecule has 33 heavy (non-hydrogen) atoms. The van der Waals surface area contributed by atoms with Crippen molar-refractivity contribution in [3.63, 3.8) is 0 Å². The average Bonchev–Trinajstić information content (AvgIpc) is 3.33. The molecule has 0 N–H and O–H groups in total. The van der Waals surface area contributed by atoms with Crippen LogP contribution in [0.5, 0.6) is 0 Å². The van der Waals surface area contributed by atoms with Crippen LogP contribution in [0.15, 0.2) is 72.8 Å². The second kappa shape index (κ2) is 9.54. The highest BCUT2D eigenvalue weighted by atomic mass is 35.5. The van der Waals surface area contributed by atoms with Crippen molar-refractivity contribution in [3.05, 3.63) is 94.5 Å². The van der Waals surface area contributed by atoms with Crippen LogP contribution in [-0.2, 0) is 4.79 Å². The minimum absolute atomic E-state index is 0.0623. The summed E-state index contributed by atoms with van der Waals surface area (Å²) < 4.78 is 1.04. The van der Waals surface area contributed by atoms with E-state index in [2.05, 4.69) is 36.1 Å². The van der Waals surface area contributed by atoms with Crippen LogP contribution in [0.4, 0.5) is 5.13 Å². The van der Waals surface area contributed by atoms with Gasteiger partial charge in [-0.25, -0.2) is 4.98 Å². The number of nitrogens with zero attached hydrogens (tertiary/aromatic N) is 3. The third-order valence-electron chi connectivity index (χ3n) is 6.37. The standard InChI is InChI=1S/C27H26ClN3OS/c1-19-12-13-23(28)26-25(19)29-27(33-26)31-16-14-30(15-17-31)24(32)18-22(20-8-4-2-5-9-20)21-10-6-3-7-11-21/h2-13,22H,14-18H2,1H3. The minimum Gasteiger partial charge on any atom is -0.345 e. The van der Waals surface area contributed by atoms with Gasteiger partial charge in [0.05, 0.1) is 15.2 Å². The van der Waals surface area contributed by atoms with E-state index in [9.17, 15) is 4.79 Å². The number of piperazine rings is 1. The molecule has 1 fully saturated rings. The minimum atomic E-state index is 0.0623. The predicted octanol–water partition coefficient (Wildman–Crippen LogP) is 6.13. The topological polar surface area (TPSA) is 36.4 Å². The lowest BCUT2D eigenvalue weighted by Gasteiger charge is -2.35. The molecule has 3 aromatic carbocycles. The lowest BCUT2D eigenvalue weighted by molar-refractivity contribution is -0.131. The number of amides is 1. The highest BCUT2D eigenvalue weighted by Gasteiger charge is 2.26. The molecule has 0 radical (unpaired) electrons. The van der Waals surface area contributed by atoms with E-state index in [-0.39, 0.29) is 11.8 Å². The number of thiazole rings is 1. The Labute approximate surface area is 203 Å². The van der Waals surface area contributed by atoms with Crippen LogP contribution in [0.25, 0.3) is 10.2 Å². The molecule has 1 amide bonds. The number of halogens is 1. The van der Waals surface area contributed by atoms with Gasteiger partial charge in [-0.1, -0.05) is 89.7 Å². The molecule has 1 aliphatic heterocycles. The quantitative estimate of drug-likeness (QED) is 0.348. The second-order valence-electron chi connectivity index (χ2n) is 8.48. The number of hydrogen-bond donors (Lipinski definition) is 0. The molecule has 4 nitrogen and oxygen atoms in total. The summed E-state index contributed by atoms with van der Waals surface area (Å²) in [5.41, 5.74) is 4.47. The van der Waals surface area contributed by atoms with Gasteiger partial charge in [0.1, 0.15) is 0 Å². The Balaban J connectivity index is 1.28. The summed E-state index contributed by atoms with van der Waals surface area (Å²) in [6, 6.07) is 24.6. The first-order valence-electron chi connectivity index (χ1n) is 11.3. The molecule has 0 saturated carbocycles. The van der Waals surface area contributed by atoms with Crippen LogP contribution in [0.1, 0.15) is 29.0 Å². The third kappa shape index (κ3) is 4.61. The van der Waals surface area contributed by atoms with Crippen molar-refractivity contribution in [2.24, 2.45) is 0 Å². The van der Waals surface area contributed by atoms with Gasteiger partial charge in [-0.15, -0.1) is 0 Å². The van der Waals surface area contributed by atoms with Crippen LogP contribution in [0, 0.1) is 6.92 Å². The van der Waals surface area contributed by atoms with Gasteiger partial charge < -0.3 is 9.80 Å². The van der Waals surface area contributed by atoms with Crippen LogP contribution in [-0.4, -0.2) is 42.0 Å². The molecule has 2 heterocycles. The number of benzene rings is 3. The van der Waals surface area contributed by atoms with E-state index in [0.717, 1.165) is 39.0 Å². The highest BCUT2D eigenvalue weighted by molar-refractivity contribution is 7.22. The van der Waals surface area contributed by atoms with E-state index >= 15 is 0 Å². The van der Waals surface area contributed by atoms with E-state index in [1.165, 1.54) is 11.1 Å². The summed E-state index contributed by atoms with van der Waals surface area (Å²) >= 11 is 8.03. The molecule has 5 rings (SSSR count). The molecular formula is C27H26ClN3OS. The Morgan fingerprint density at radius 1 is 0.939 bits per heavy atom. The van der Waals surface area contributed by atoms with E-state index in [1.807, 2.05) is 53.4 Å². The first-order chi connectivity index (χ1) is 16.1. The van der Waals surface area contributed by atoms with Gasteiger partial charge in [0, 0.05) is 38.5 Å². The summed E-state index contributed by atoms with van der Waals surface area (Å²) in [7, 11) is 0. The summed E-state index contributed by atoms with van der Waals surface area (Å²) in [6.45, 7) is 5.04. The van der Waals surface area contributed by atoms with Gasteiger partial charge >= 0.3 is 0 Å². The molecule has 168 valence electrons. The van der Waals surface area contributed by atoms with E-state index in [0.29, 0.717) is 19.5 Å². The molecule has 0 unspecified atom stereocenters. The lowest BCUT2D eigenvalue weighted by atomic mass is 9.88. The monoisotopic (exact) mass is 475 g/mol. The molecule has 4 aromatic rings. The zero-order valence-electron chi connectivity index (χ0n) is 18.6. The predicted molar refractivity (Wildman–Crippen MR) is 138 cm³/mol. The second-order valence-corrected chi connectivity index (χ2v) is 9.87. The molecule has 0 atom stereocenters. The van der Waals surface area contributed by atoms with Crippen molar-refractivity contribution in [2.45, 2.75) is 19.3 Å². The van der Waals surface area contributed by atoms with E-state index < -0.39 is 0 Å². The fourth-order valence-electron chi connectivity index (χ4n) is 4.48. The van der Waals surface area contributed by atoms with Crippen molar-refractivity contribution >= 4 is 44.2 Å². The van der Waals surface area contributed by atoms with Crippen molar-refractivity contribution in [2.75, 3.05) is 31.1 Å². The first-order valence-corrected chi connectivity index (χ1v) is 12.5. The van der Waals surface area contributed by atoms with Crippen LogP contribution in [0.2, 0.25) is 5.02 Å². The van der Waals surface area contributed by atoms with Gasteiger partial charge in [-0.05, 0) is 29.7 Å². The average molecular weight is 476 g/mol. The van der Waals surface area contributed by atoms with Crippen molar-refractivity contribution in [1.82, 2.24) is 9.88 Å². The van der Waals surface area contributed by atoms with E-state index in [4.69, 9.17) is 16.6 Å². The number of aromatic nitrogens is 1. The maximum atomic E-state index is 13.3. The summed E-state index contributed by atoms with van der Waals surface area (Å²) in [6.07, 6.45) is 0.476. The zero-order valence-corrected chi connectivity index (χ0v) is 20.1. The van der Waals surface area contributed by atoms with Gasteiger partial charge in [0.25, 0.3) is 0 Å². The Bertz CT molecular complexity index is 1170. The van der Waals surface area contributed by atoms with Gasteiger partial charge in [-0.3, -0.25) is 4.79 Å². The van der Waals surface area contributed by atoms with Crippen molar-refractivity contribution in [1.29, 1.82) is 0 Å². The van der Waals surface area contributed by atoms with Gasteiger partial charge in [0.15, 0.2) is 5.13 Å². The number of rotatable bonds is 5. The Morgan fingerprint density at radius 3 is 2.12 bits per heavy atom. The van der Waals surface area contributed by atoms with Gasteiger partial charge in [0.2, 0.25) is 5.91 Å². The largest absolute Gasteiger partial charge is 0.345 e. The molecule has 6 heteroatoms. The van der Waals surface area contributed by atoms with Crippen LogP contribution in [0.3, 0.4) is 0 Å². The fourth-order valence-corrected chi connectivity index (χ4v) is 5.84. The maximum Gasteiger partial charge on any atom is 0.223 e. The first kappa shape index (κ1) is 21.9. The highest BCUT2D eigenvalue weighted by Crippen LogP contribution is 2.36. The summed E-state index contributed by atoms with van der Waals surface area (Å²) in [5, 5.41) is 1.74. The molecular weight excluding hydrogens is 450 g/mol. The molecule has 1 aromatic heterocycles. The Morgan fingerprint density at radius 2 is 1.55 bits per heavy atom. The van der Waals surface area contributed by atoms with E-state index in [1.54, 1.807) is 11.3 Å². The Kier molecular flexibility index (Phi) is 6.34.